The van der Waals surface area contributed by atoms with Crippen molar-refractivity contribution in [3.8, 4) is 0 Å². The monoisotopic (exact) mass is 310 g/mol. The molecule has 2 amide bonds. The summed E-state index contributed by atoms with van der Waals surface area (Å²) in [6.45, 7) is 4.57. The van der Waals surface area contributed by atoms with E-state index in [4.69, 9.17) is 4.42 Å². The summed E-state index contributed by atoms with van der Waals surface area (Å²) < 4.78 is 5.11. The second-order valence-electron chi connectivity index (χ2n) is 5.06. The Kier molecular flexibility index (Phi) is 5.73. The Hall–Kier alpha value is -1.43. The molecular weight excluding hydrogens is 288 g/mol. The first-order valence-corrected chi connectivity index (χ1v) is 8.46. The summed E-state index contributed by atoms with van der Waals surface area (Å²) in [6, 6.07) is 1.46. The highest BCUT2D eigenvalue weighted by Crippen LogP contribution is 2.41. The van der Waals surface area contributed by atoms with Gasteiger partial charge in [-0.1, -0.05) is 20.3 Å². The Labute approximate surface area is 129 Å². The van der Waals surface area contributed by atoms with Crippen molar-refractivity contribution < 1.29 is 14.0 Å². The number of hydrogen-bond acceptors (Lipinski definition) is 4. The fraction of sp³-hybridized carbons (Fsp3) is 0.600. The number of carbonyl (C=O) groups excluding carboxylic acids is 2. The zero-order valence-electron chi connectivity index (χ0n) is 12.5. The smallest absolute Gasteiger partial charge is 0.243 e. The molecule has 0 bridgehead atoms. The Bertz CT molecular complexity index is 475. The maximum absolute atomic E-state index is 12.3. The fourth-order valence-electron chi connectivity index (χ4n) is 2.37. The van der Waals surface area contributed by atoms with Gasteiger partial charge in [0, 0.05) is 24.3 Å². The lowest BCUT2D eigenvalue weighted by Crippen LogP contribution is -2.47. The number of carbonyl (C=O) groups is 2. The Balaban J connectivity index is 2.10. The summed E-state index contributed by atoms with van der Waals surface area (Å²) in [5, 5.41) is 2.80. The standard InChI is InChI=1S/C15H22N2O3S/c1-3-5-7-16-14(19)12-10-21-15(11-6-8-20-9-11)17(12)13(18)4-2/h6,8-9,12,15H,3-5,7,10H2,1-2H3,(H,16,19). The van der Waals surface area contributed by atoms with Crippen molar-refractivity contribution in [3.63, 3.8) is 0 Å². The Morgan fingerprint density at radius 3 is 2.90 bits per heavy atom. The molecule has 2 rings (SSSR count). The molecule has 1 saturated heterocycles. The predicted octanol–water partition coefficient (Wildman–Crippen LogP) is 2.55. The lowest BCUT2D eigenvalue weighted by molar-refractivity contribution is -0.139. The fourth-order valence-corrected chi connectivity index (χ4v) is 3.80. The quantitative estimate of drug-likeness (QED) is 0.820. The zero-order valence-corrected chi connectivity index (χ0v) is 13.3. The first-order valence-electron chi connectivity index (χ1n) is 7.41. The molecule has 0 saturated carbocycles. The molecule has 2 atom stereocenters. The molecule has 2 heterocycles. The van der Waals surface area contributed by atoms with Gasteiger partial charge in [0.15, 0.2) is 0 Å². The van der Waals surface area contributed by atoms with Crippen LogP contribution in [0.25, 0.3) is 0 Å². The van der Waals surface area contributed by atoms with Crippen LogP contribution in [0.1, 0.15) is 44.0 Å². The molecular formula is C15H22N2O3S. The van der Waals surface area contributed by atoms with Crippen molar-refractivity contribution in [2.75, 3.05) is 12.3 Å². The lowest BCUT2D eigenvalue weighted by Gasteiger charge is -2.28. The van der Waals surface area contributed by atoms with E-state index in [2.05, 4.69) is 12.2 Å². The van der Waals surface area contributed by atoms with E-state index in [0.717, 1.165) is 18.4 Å². The van der Waals surface area contributed by atoms with Gasteiger partial charge in [-0.15, -0.1) is 11.8 Å². The van der Waals surface area contributed by atoms with Crippen LogP contribution in [0.4, 0.5) is 0 Å². The maximum Gasteiger partial charge on any atom is 0.243 e. The van der Waals surface area contributed by atoms with Gasteiger partial charge in [-0.05, 0) is 12.5 Å². The van der Waals surface area contributed by atoms with Crippen molar-refractivity contribution in [2.45, 2.75) is 44.5 Å². The molecule has 116 valence electrons. The van der Waals surface area contributed by atoms with Crippen LogP contribution in [0.3, 0.4) is 0 Å². The van der Waals surface area contributed by atoms with Crippen LogP contribution in [0.15, 0.2) is 23.0 Å². The Morgan fingerprint density at radius 2 is 2.29 bits per heavy atom. The summed E-state index contributed by atoms with van der Waals surface area (Å²) in [4.78, 5) is 26.3. The molecule has 0 aliphatic carbocycles. The number of unbranched alkanes of at least 4 members (excludes halogenated alkanes) is 1. The van der Waals surface area contributed by atoms with Crippen molar-refractivity contribution in [2.24, 2.45) is 0 Å². The van der Waals surface area contributed by atoms with Crippen LogP contribution in [0.5, 0.6) is 0 Å². The van der Waals surface area contributed by atoms with Gasteiger partial charge in [0.25, 0.3) is 0 Å². The number of hydrogen-bond donors (Lipinski definition) is 1. The summed E-state index contributed by atoms with van der Waals surface area (Å²) >= 11 is 1.61. The predicted molar refractivity (Wildman–Crippen MR) is 82.7 cm³/mol. The van der Waals surface area contributed by atoms with E-state index < -0.39 is 0 Å². The van der Waals surface area contributed by atoms with Crippen molar-refractivity contribution in [1.82, 2.24) is 10.2 Å². The summed E-state index contributed by atoms with van der Waals surface area (Å²) in [5.41, 5.74) is 0.936. The first kappa shape index (κ1) is 15.9. The van der Waals surface area contributed by atoms with Crippen molar-refractivity contribution in [1.29, 1.82) is 0 Å². The second-order valence-corrected chi connectivity index (χ2v) is 6.17. The normalized spacial score (nSPS) is 21.5. The third-order valence-electron chi connectivity index (χ3n) is 3.55. The largest absolute Gasteiger partial charge is 0.472 e. The average molecular weight is 310 g/mol. The van der Waals surface area contributed by atoms with E-state index >= 15 is 0 Å². The van der Waals surface area contributed by atoms with E-state index in [1.54, 1.807) is 29.2 Å². The first-order chi connectivity index (χ1) is 10.2. The highest BCUT2D eigenvalue weighted by atomic mass is 32.2. The number of rotatable bonds is 6. The Morgan fingerprint density at radius 1 is 1.48 bits per heavy atom. The topological polar surface area (TPSA) is 62.6 Å². The van der Waals surface area contributed by atoms with Gasteiger partial charge in [0.1, 0.15) is 11.4 Å². The van der Waals surface area contributed by atoms with Crippen LogP contribution >= 0.6 is 11.8 Å². The minimum atomic E-state index is -0.390. The third-order valence-corrected chi connectivity index (χ3v) is 4.87. The van der Waals surface area contributed by atoms with E-state index in [1.807, 2.05) is 13.0 Å². The van der Waals surface area contributed by atoms with Gasteiger partial charge < -0.3 is 14.6 Å². The van der Waals surface area contributed by atoms with Gasteiger partial charge in [-0.2, -0.15) is 0 Å². The molecule has 5 nitrogen and oxygen atoms in total. The number of nitrogens with one attached hydrogen (secondary N) is 1. The minimum absolute atomic E-state index is 0.00171. The van der Waals surface area contributed by atoms with Crippen LogP contribution < -0.4 is 5.32 Å². The number of amides is 2. The van der Waals surface area contributed by atoms with E-state index in [-0.39, 0.29) is 23.2 Å². The molecule has 1 aliphatic rings. The molecule has 21 heavy (non-hydrogen) atoms. The number of nitrogens with zero attached hydrogens (tertiary/aromatic N) is 1. The molecule has 1 aliphatic heterocycles. The number of thioether (sulfide) groups is 1. The molecule has 1 fully saturated rings. The molecule has 0 radical (unpaired) electrons. The average Bonchev–Trinajstić information content (AvgIpc) is 3.15. The highest BCUT2D eigenvalue weighted by Gasteiger charge is 2.41. The maximum atomic E-state index is 12.3. The molecule has 1 aromatic rings. The number of furan rings is 1. The van der Waals surface area contributed by atoms with Gasteiger partial charge >= 0.3 is 0 Å². The van der Waals surface area contributed by atoms with E-state index in [1.165, 1.54) is 0 Å². The molecule has 6 heteroatoms. The lowest BCUT2D eigenvalue weighted by atomic mass is 10.2. The minimum Gasteiger partial charge on any atom is -0.472 e. The van der Waals surface area contributed by atoms with Gasteiger partial charge in [0.05, 0.1) is 12.5 Å². The van der Waals surface area contributed by atoms with Gasteiger partial charge in [-0.25, -0.2) is 0 Å². The van der Waals surface area contributed by atoms with Crippen LogP contribution in [0, 0.1) is 0 Å². The second kappa shape index (κ2) is 7.54. The molecule has 0 aromatic carbocycles. The van der Waals surface area contributed by atoms with Crippen LogP contribution in [-0.2, 0) is 9.59 Å². The highest BCUT2D eigenvalue weighted by molar-refractivity contribution is 7.99. The molecule has 1 aromatic heterocycles. The van der Waals surface area contributed by atoms with Gasteiger partial charge in [-0.3, -0.25) is 9.59 Å². The van der Waals surface area contributed by atoms with Crippen molar-refractivity contribution in [3.05, 3.63) is 24.2 Å². The molecule has 1 N–H and O–H groups in total. The van der Waals surface area contributed by atoms with Crippen LogP contribution in [-0.4, -0.2) is 35.1 Å². The summed E-state index contributed by atoms with van der Waals surface area (Å²) in [6.07, 6.45) is 5.63. The molecule has 0 spiro atoms. The zero-order chi connectivity index (χ0) is 15.2. The SMILES string of the molecule is CCCCNC(=O)C1CSC(c2ccoc2)N1C(=O)CC. The van der Waals surface area contributed by atoms with Crippen LogP contribution in [0.2, 0.25) is 0 Å². The van der Waals surface area contributed by atoms with E-state index in [0.29, 0.717) is 18.7 Å². The summed E-state index contributed by atoms with van der Waals surface area (Å²) in [5.74, 6) is 0.574. The molecule has 2 unspecified atom stereocenters. The third kappa shape index (κ3) is 3.61. The van der Waals surface area contributed by atoms with E-state index in [9.17, 15) is 9.59 Å². The summed E-state index contributed by atoms with van der Waals surface area (Å²) in [7, 11) is 0. The van der Waals surface area contributed by atoms with Crippen molar-refractivity contribution >= 4 is 23.6 Å². The van der Waals surface area contributed by atoms with Gasteiger partial charge in [0.2, 0.25) is 11.8 Å².